The molecule has 1 atom stereocenters. The first kappa shape index (κ1) is 22.9. The van der Waals surface area contributed by atoms with E-state index in [9.17, 15) is 9.59 Å². The molecule has 5 heterocycles. The summed E-state index contributed by atoms with van der Waals surface area (Å²) < 4.78 is 5.25. The third-order valence-electron chi connectivity index (χ3n) is 7.46. The van der Waals surface area contributed by atoms with Gasteiger partial charge in [-0.25, -0.2) is 4.98 Å². The highest BCUT2D eigenvalue weighted by atomic mass is 32.1. The Bertz CT molecular complexity index is 1320. The molecule has 2 saturated heterocycles. The fourth-order valence-corrected chi connectivity index (χ4v) is 6.36. The number of thiazole rings is 1. The van der Waals surface area contributed by atoms with Crippen molar-refractivity contribution >= 4 is 39.7 Å². The molecule has 1 aromatic carbocycles. The molecule has 186 valence electrons. The monoisotopic (exact) mass is 504 g/mol. The minimum absolute atomic E-state index is 0.139. The number of anilines is 3. The van der Waals surface area contributed by atoms with Crippen LogP contribution in [0.5, 0.6) is 5.75 Å². The van der Waals surface area contributed by atoms with Crippen LogP contribution in [-0.4, -0.2) is 55.1 Å². The molecule has 2 N–H and O–H groups in total. The fraction of sp³-hybridized carbons (Fsp3) is 0.385. The van der Waals surface area contributed by atoms with Crippen molar-refractivity contribution in [3.8, 4) is 5.75 Å². The molecule has 0 bridgehead atoms. The topological polar surface area (TPSA) is 99.7 Å². The Morgan fingerprint density at radius 1 is 1.28 bits per heavy atom. The van der Waals surface area contributed by atoms with E-state index in [1.807, 2.05) is 18.2 Å². The molecule has 0 aliphatic carbocycles. The van der Waals surface area contributed by atoms with Crippen molar-refractivity contribution in [1.82, 2.24) is 15.3 Å². The quantitative estimate of drug-likeness (QED) is 0.548. The molecule has 10 heteroatoms. The van der Waals surface area contributed by atoms with Gasteiger partial charge in [-0.2, -0.15) is 0 Å². The summed E-state index contributed by atoms with van der Waals surface area (Å²) >= 11 is 1.28. The molecule has 9 nitrogen and oxygen atoms in total. The second kappa shape index (κ2) is 9.18. The maximum atomic E-state index is 13.2. The number of rotatable bonds is 5. The van der Waals surface area contributed by atoms with Gasteiger partial charge in [0.05, 0.1) is 31.2 Å². The zero-order valence-electron chi connectivity index (χ0n) is 20.1. The highest BCUT2D eigenvalue weighted by molar-refractivity contribution is 7.14. The van der Waals surface area contributed by atoms with Gasteiger partial charge >= 0.3 is 0 Å². The second-order valence-corrected chi connectivity index (χ2v) is 10.6. The average molecular weight is 505 g/mol. The van der Waals surface area contributed by atoms with Gasteiger partial charge < -0.3 is 20.3 Å². The van der Waals surface area contributed by atoms with Crippen LogP contribution < -0.4 is 25.2 Å². The molecule has 2 amide bonds. The Hall–Kier alpha value is -3.50. The number of nitrogens with zero attached hydrogens (tertiary/aromatic N) is 4. The number of amides is 2. The summed E-state index contributed by atoms with van der Waals surface area (Å²) in [7, 11) is 1.58. The molecule has 0 radical (unpaired) electrons. The molecule has 6 rings (SSSR count). The standard InChI is InChI=1S/C26H28N6O3S/c1-35-18-4-3-17-13-32(24(34)19(17)11-18)25-30-21(14-36-25)23(33)29-20-12-27-8-5-22(20)31-10-2-6-26(16-31)7-9-28-15-26/h3-5,8,11-12,14,28H,2,6-7,9-10,13,15-16H2,1H3,(H,29,33). The first-order chi connectivity index (χ1) is 17.5. The fourth-order valence-electron chi connectivity index (χ4n) is 5.56. The highest BCUT2D eigenvalue weighted by Crippen LogP contribution is 2.39. The van der Waals surface area contributed by atoms with Crippen molar-refractivity contribution < 1.29 is 14.3 Å². The molecule has 3 aromatic rings. The number of carbonyl (C=O) groups excluding carboxylic acids is 2. The lowest BCUT2D eigenvalue weighted by Crippen LogP contribution is -2.44. The van der Waals surface area contributed by atoms with Gasteiger partial charge in [0.15, 0.2) is 5.13 Å². The second-order valence-electron chi connectivity index (χ2n) is 9.73. The van der Waals surface area contributed by atoms with Gasteiger partial charge in [-0.05, 0) is 49.6 Å². The predicted octanol–water partition coefficient (Wildman–Crippen LogP) is 3.54. The lowest BCUT2D eigenvalue weighted by Gasteiger charge is -2.41. The van der Waals surface area contributed by atoms with E-state index in [0.29, 0.717) is 34.1 Å². The number of methoxy groups -OCH3 is 1. The third kappa shape index (κ3) is 4.10. The first-order valence-electron chi connectivity index (χ1n) is 12.2. The highest BCUT2D eigenvalue weighted by Gasteiger charge is 2.38. The van der Waals surface area contributed by atoms with Crippen molar-refractivity contribution in [2.75, 3.05) is 48.4 Å². The Morgan fingerprint density at radius 3 is 3.03 bits per heavy atom. The number of hydrogen-bond acceptors (Lipinski definition) is 8. The molecule has 36 heavy (non-hydrogen) atoms. The van der Waals surface area contributed by atoms with Gasteiger partial charge in [-0.3, -0.25) is 19.5 Å². The van der Waals surface area contributed by atoms with Crippen molar-refractivity contribution in [2.24, 2.45) is 5.41 Å². The van der Waals surface area contributed by atoms with Crippen LogP contribution in [0.2, 0.25) is 0 Å². The van der Waals surface area contributed by atoms with Gasteiger partial charge in [0.2, 0.25) is 0 Å². The summed E-state index contributed by atoms with van der Waals surface area (Å²) in [5.41, 5.74) is 3.76. The van der Waals surface area contributed by atoms with Crippen molar-refractivity contribution in [1.29, 1.82) is 0 Å². The summed E-state index contributed by atoms with van der Waals surface area (Å²) in [5.74, 6) is 0.186. The average Bonchev–Trinajstić information content (AvgIpc) is 3.64. The van der Waals surface area contributed by atoms with E-state index in [0.717, 1.165) is 43.9 Å². The van der Waals surface area contributed by atoms with Gasteiger partial charge in [0.1, 0.15) is 11.4 Å². The van der Waals surface area contributed by atoms with Crippen LogP contribution in [0.1, 0.15) is 45.7 Å². The van der Waals surface area contributed by atoms with E-state index in [1.54, 1.807) is 35.8 Å². The Balaban J connectivity index is 1.18. The van der Waals surface area contributed by atoms with Gasteiger partial charge in [-0.1, -0.05) is 6.07 Å². The van der Waals surface area contributed by atoms with Crippen molar-refractivity contribution in [3.05, 3.63) is 58.9 Å². The Labute approximate surface area is 213 Å². The van der Waals surface area contributed by atoms with Crippen LogP contribution >= 0.6 is 11.3 Å². The summed E-state index contributed by atoms with van der Waals surface area (Å²) in [6.07, 6.45) is 7.01. The van der Waals surface area contributed by atoms with E-state index in [-0.39, 0.29) is 17.5 Å². The zero-order valence-corrected chi connectivity index (χ0v) is 20.9. The van der Waals surface area contributed by atoms with Crippen LogP contribution in [0.25, 0.3) is 0 Å². The van der Waals surface area contributed by atoms with E-state index >= 15 is 0 Å². The SMILES string of the molecule is COc1ccc2c(c1)C(=O)N(c1nc(C(=O)Nc3cnccc3N3CCCC4(CCNC4)C3)cs1)C2. The zero-order chi connectivity index (χ0) is 24.7. The summed E-state index contributed by atoms with van der Waals surface area (Å²) in [5, 5.41) is 8.72. The molecular formula is C26H28N6O3S. The maximum absolute atomic E-state index is 13.2. The van der Waals surface area contributed by atoms with E-state index in [2.05, 4.69) is 25.5 Å². The molecule has 3 aliphatic rings. The summed E-state index contributed by atoms with van der Waals surface area (Å²) in [6, 6.07) is 7.45. The van der Waals surface area contributed by atoms with Crippen molar-refractivity contribution in [2.45, 2.75) is 25.8 Å². The van der Waals surface area contributed by atoms with E-state index in [1.165, 1.54) is 24.2 Å². The lowest BCUT2D eigenvalue weighted by molar-refractivity contribution is 0.0991. The van der Waals surface area contributed by atoms with Crippen LogP contribution in [0.4, 0.5) is 16.5 Å². The van der Waals surface area contributed by atoms with Crippen LogP contribution in [0.15, 0.2) is 42.0 Å². The number of hydrogen-bond donors (Lipinski definition) is 2. The predicted molar refractivity (Wildman–Crippen MR) is 139 cm³/mol. The number of aromatic nitrogens is 2. The lowest BCUT2D eigenvalue weighted by atomic mass is 9.79. The molecule has 1 unspecified atom stereocenters. The van der Waals surface area contributed by atoms with Gasteiger partial charge in [0, 0.05) is 42.2 Å². The van der Waals surface area contributed by atoms with Gasteiger partial charge in [-0.15, -0.1) is 11.3 Å². The normalized spacial score (nSPS) is 21.2. The maximum Gasteiger partial charge on any atom is 0.275 e. The number of carbonyl (C=O) groups is 2. The van der Waals surface area contributed by atoms with Crippen LogP contribution in [0, 0.1) is 5.41 Å². The molecule has 2 aromatic heterocycles. The molecule has 3 aliphatic heterocycles. The van der Waals surface area contributed by atoms with E-state index < -0.39 is 0 Å². The minimum Gasteiger partial charge on any atom is -0.497 e. The molecule has 2 fully saturated rings. The van der Waals surface area contributed by atoms with Crippen molar-refractivity contribution in [3.63, 3.8) is 0 Å². The molecular weight excluding hydrogens is 476 g/mol. The number of nitrogens with one attached hydrogen (secondary N) is 2. The summed E-state index contributed by atoms with van der Waals surface area (Å²) in [6.45, 7) is 4.46. The van der Waals surface area contributed by atoms with Crippen LogP contribution in [0.3, 0.4) is 0 Å². The minimum atomic E-state index is -0.313. The Kier molecular flexibility index (Phi) is 5.85. The number of benzene rings is 1. The number of pyridine rings is 1. The smallest absolute Gasteiger partial charge is 0.275 e. The van der Waals surface area contributed by atoms with Gasteiger partial charge in [0.25, 0.3) is 11.8 Å². The Morgan fingerprint density at radius 2 is 2.19 bits per heavy atom. The number of ether oxygens (including phenoxy) is 1. The molecule has 1 spiro atoms. The van der Waals surface area contributed by atoms with Crippen LogP contribution in [-0.2, 0) is 6.54 Å². The third-order valence-corrected chi connectivity index (χ3v) is 8.32. The number of fused-ring (bicyclic) bond motifs is 1. The number of piperidine rings is 1. The summed E-state index contributed by atoms with van der Waals surface area (Å²) in [4.78, 5) is 38.9. The first-order valence-corrected chi connectivity index (χ1v) is 13.1. The molecule has 0 saturated carbocycles. The van der Waals surface area contributed by atoms with E-state index in [4.69, 9.17) is 4.74 Å². The largest absolute Gasteiger partial charge is 0.497 e.